The number of amides is 1. The molecule has 1 amide bonds. The zero-order valence-electron chi connectivity index (χ0n) is 19.0. The highest BCUT2D eigenvalue weighted by Crippen LogP contribution is 2.32. The minimum absolute atomic E-state index is 0.0310. The number of ether oxygens (including phenoxy) is 2. The van der Waals surface area contributed by atoms with Gasteiger partial charge in [0.2, 0.25) is 11.9 Å². The maximum atomic E-state index is 14.2. The van der Waals surface area contributed by atoms with Crippen LogP contribution < -0.4 is 10.2 Å². The lowest BCUT2D eigenvalue weighted by atomic mass is 10.1. The van der Waals surface area contributed by atoms with Gasteiger partial charge in [-0.05, 0) is 19.3 Å². The minimum Gasteiger partial charge on any atom is -0.381 e. The van der Waals surface area contributed by atoms with Gasteiger partial charge in [-0.1, -0.05) is 6.92 Å². The number of hydrogen-bond donors (Lipinski definition) is 1. The number of aromatic nitrogens is 3. The average Bonchev–Trinajstić information content (AvgIpc) is 3.47. The smallest absolute Gasteiger partial charge is 0.381 e. The van der Waals surface area contributed by atoms with E-state index in [1.54, 1.807) is 11.5 Å². The Morgan fingerprint density at radius 1 is 1.15 bits per heavy atom. The summed E-state index contributed by atoms with van der Waals surface area (Å²) in [5.41, 5.74) is 0. The van der Waals surface area contributed by atoms with Gasteiger partial charge in [0.1, 0.15) is 11.9 Å². The molecular weight excluding hydrogens is 441 g/mol. The number of piperidine rings is 1. The first-order valence-corrected chi connectivity index (χ1v) is 11.8. The number of nitrogens with one attached hydrogen (secondary N) is 1. The summed E-state index contributed by atoms with van der Waals surface area (Å²) in [6.45, 7) is 4.72. The van der Waals surface area contributed by atoms with E-state index in [2.05, 4.69) is 15.5 Å². The van der Waals surface area contributed by atoms with Gasteiger partial charge in [-0.2, -0.15) is 13.2 Å². The van der Waals surface area contributed by atoms with E-state index in [1.807, 2.05) is 4.90 Å². The molecular formula is C21H33F3N6O3. The minimum atomic E-state index is -4.40. The van der Waals surface area contributed by atoms with Crippen molar-refractivity contribution in [2.24, 2.45) is 0 Å². The number of anilines is 1. The van der Waals surface area contributed by atoms with E-state index in [1.165, 1.54) is 4.90 Å². The summed E-state index contributed by atoms with van der Waals surface area (Å²) in [5.74, 6) is 0.876. The Kier molecular flexibility index (Phi) is 7.75. The fourth-order valence-electron chi connectivity index (χ4n) is 4.85. The van der Waals surface area contributed by atoms with E-state index < -0.39 is 12.2 Å². The maximum Gasteiger partial charge on any atom is 0.405 e. The van der Waals surface area contributed by atoms with Crippen LogP contribution in [0.4, 0.5) is 19.1 Å². The number of nitrogens with zero attached hydrogens (tertiary/aromatic N) is 5. The van der Waals surface area contributed by atoms with Crippen molar-refractivity contribution in [1.82, 2.24) is 25.0 Å². The molecule has 186 valence electrons. The summed E-state index contributed by atoms with van der Waals surface area (Å²) in [4.78, 5) is 15.3. The summed E-state index contributed by atoms with van der Waals surface area (Å²) in [6.07, 6.45) is -1.65. The van der Waals surface area contributed by atoms with Crippen LogP contribution in [-0.4, -0.2) is 96.4 Å². The molecule has 9 nitrogen and oxygen atoms in total. The van der Waals surface area contributed by atoms with E-state index in [9.17, 15) is 18.0 Å². The normalized spacial score (nSPS) is 25.9. The third kappa shape index (κ3) is 5.78. The fraction of sp³-hybridized carbons (Fsp3) is 0.857. The Hall–Kier alpha value is -1.92. The number of rotatable bonds is 7. The standard InChI is InChI=1S/C21H33F3N6O3/c1-2-18(31)25-16-4-3-6-29(12-16)20-27-26-19(15-5-9-33-14-15)30(20)13-17(21(22,23)24)28-7-10-32-11-8-28/h15-17H,2-14H2,1H3,(H,25,31). The van der Waals surface area contributed by atoms with E-state index >= 15 is 0 Å². The molecule has 3 aliphatic rings. The molecule has 3 aliphatic heterocycles. The molecule has 3 atom stereocenters. The average molecular weight is 475 g/mol. The van der Waals surface area contributed by atoms with Crippen molar-refractivity contribution >= 4 is 11.9 Å². The van der Waals surface area contributed by atoms with Crippen LogP contribution in [0.2, 0.25) is 0 Å². The first-order valence-electron chi connectivity index (χ1n) is 11.8. The molecule has 3 fully saturated rings. The van der Waals surface area contributed by atoms with Gasteiger partial charge in [0, 0.05) is 51.2 Å². The molecule has 1 aromatic heterocycles. The third-order valence-electron chi connectivity index (χ3n) is 6.66. The monoisotopic (exact) mass is 474 g/mol. The fourth-order valence-corrected chi connectivity index (χ4v) is 4.85. The topological polar surface area (TPSA) is 84.8 Å². The summed E-state index contributed by atoms with van der Waals surface area (Å²) in [7, 11) is 0. The van der Waals surface area contributed by atoms with Gasteiger partial charge in [0.25, 0.3) is 0 Å². The zero-order chi connectivity index (χ0) is 23.4. The Bertz CT molecular complexity index is 793. The van der Waals surface area contributed by atoms with Crippen LogP contribution in [0, 0.1) is 0 Å². The molecule has 1 aromatic rings. The third-order valence-corrected chi connectivity index (χ3v) is 6.66. The molecule has 3 saturated heterocycles. The number of hydrogen-bond acceptors (Lipinski definition) is 7. The largest absolute Gasteiger partial charge is 0.405 e. The van der Waals surface area contributed by atoms with E-state index in [0.29, 0.717) is 50.9 Å². The number of alkyl halides is 3. The summed E-state index contributed by atoms with van der Waals surface area (Å²) < 4.78 is 55.0. The number of carbonyl (C=O) groups is 1. The van der Waals surface area contributed by atoms with Crippen molar-refractivity contribution in [1.29, 1.82) is 0 Å². The Labute approximate surface area is 191 Å². The molecule has 0 radical (unpaired) electrons. The molecule has 4 rings (SSSR count). The first kappa shape index (κ1) is 24.2. The van der Waals surface area contributed by atoms with Crippen LogP contribution in [0.25, 0.3) is 0 Å². The predicted molar refractivity (Wildman–Crippen MR) is 114 cm³/mol. The summed E-state index contributed by atoms with van der Waals surface area (Å²) in [5, 5.41) is 11.7. The molecule has 4 heterocycles. The van der Waals surface area contributed by atoms with Crippen molar-refractivity contribution in [3.8, 4) is 0 Å². The second-order valence-corrected chi connectivity index (χ2v) is 8.94. The van der Waals surface area contributed by atoms with Gasteiger partial charge in [0.15, 0.2) is 0 Å². The second kappa shape index (κ2) is 10.6. The van der Waals surface area contributed by atoms with Crippen LogP contribution >= 0.6 is 0 Å². The van der Waals surface area contributed by atoms with Crippen molar-refractivity contribution in [3.05, 3.63) is 5.82 Å². The number of halogens is 3. The van der Waals surface area contributed by atoms with Crippen molar-refractivity contribution in [3.63, 3.8) is 0 Å². The van der Waals surface area contributed by atoms with E-state index in [4.69, 9.17) is 9.47 Å². The number of morpholine rings is 1. The lowest BCUT2D eigenvalue weighted by Gasteiger charge is -2.37. The Morgan fingerprint density at radius 2 is 1.94 bits per heavy atom. The molecule has 33 heavy (non-hydrogen) atoms. The van der Waals surface area contributed by atoms with Crippen molar-refractivity contribution in [2.75, 3.05) is 57.5 Å². The first-order chi connectivity index (χ1) is 15.9. The second-order valence-electron chi connectivity index (χ2n) is 8.94. The molecule has 0 aromatic carbocycles. The lowest BCUT2D eigenvalue weighted by molar-refractivity contribution is -0.195. The predicted octanol–water partition coefficient (Wildman–Crippen LogP) is 1.54. The molecule has 3 unspecified atom stereocenters. The molecule has 0 saturated carbocycles. The van der Waals surface area contributed by atoms with Crippen LogP contribution in [0.1, 0.15) is 44.3 Å². The van der Waals surface area contributed by atoms with Gasteiger partial charge in [-0.15, -0.1) is 10.2 Å². The van der Waals surface area contributed by atoms with Crippen molar-refractivity contribution < 1.29 is 27.4 Å². The Balaban J connectivity index is 1.62. The molecule has 0 aliphatic carbocycles. The Morgan fingerprint density at radius 3 is 2.61 bits per heavy atom. The van der Waals surface area contributed by atoms with E-state index in [0.717, 1.165) is 12.8 Å². The van der Waals surface area contributed by atoms with Crippen molar-refractivity contribution in [2.45, 2.75) is 63.3 Å². The highest BCUT2D eigenvalue weighted by Gasteiger charge is 2.45. The molecule has 1 N–H and O–H groups in total. The summed E-state index contributed by atoms with van der Waals surface area (Å²) >= 11 is 0. The van der Waals surface area contributed by atoms with Crippen LogP contribution in [0.3, 0.4) is 0 Å². The summed E-state index contributed by atoms with van der Waals surface area (Å²) in [6, 6.07) is -1.72. The number of carbonyl (C=O) groups excluding carboxylic acids is 1. The zero-order valence-corrected chi connectivity index (χ0v) is 19.0. The molecule has 0 bridgehead atoms. The highest BCUT2D eigenvalue weighted by atomic mass is 19.4. The van der Waals surface area contributed by atoms with E-state index in [-0.39, 0.29) is 50.7 Å². The van der Waals surface area contributed by atoms with Gasteiger partial charge in [-0.25, -0.2) is 0 Å². The molecule has 12 heteroatoms. The van der Waals surface area contributed by atoms with Gasteiger partial charge in [0.05, 0.1) is 26.4 Å². The SMILES string of the molecule is CCC(=O)NC1CCCN(c2nnc(C3CCOC3)n2CC(N2CCOCC2)C(F)(F)F)C1. The van der Waals surface area contributed by atoms with Crippen LogP contribution in [-0.2, 0) is 20.8 Å². The quantitative estimate of drug-likeness (QED) is 0.642. The molecule has 0 spiro atoms. The van der Waals surface area contributed by atoms with Gasteiger partial charge in [-0.3, -0.25) is 14.3 Å². The highest BCUT2D eigenvalue weighted by molar-refractivity contribution is 5.75. The van der Waals surface area contributed by atoms with Gasteiger partial charge >= 0.3 is 6.18 Å². The van der Waals surface area contributed by atoms with Crippen LogP contribution in [0.15, 0.2) is 0 Å². The maximum absolute atomic E-state index is 14.2. The van der Waals surface area contributed by atoms with Gasteiger partial charge < -0.3 is 19.7 Å². The van der Waals surface area contributed by atoms with Crippen LogP contribution in [0.5, 0.6) is 0 Å². The lowest BCUT2D eigenvalue weighted by Crippen LogP contribution is -2.53.